The van der Waals surface area contributed by atoms with E-state index in [1.165, 1.54) is 6.33 Å². The van der Waals surface area contributed by atoms with Gasteiger partial charge in [-0.05, 0) is 12.8 Å². The Morgan fingerprint density at radius 1 is 1.69 bits per heavy atom. The van der Waals surface area contributed by atoms with Gasteiger partial charge in [0.1, 0.15) is 12.2 Å². The Morgan fingerprint density at radius 3 is 2.85 bits per heavy atom. The summed E-state index contributed by atoms with van der Waals surface area (Å²) in [6.45, 7) is 0. The van der Waals surface area contributed by atoms with Gasteiger partial charge in [-0.3, -0.25) is 9.89 Å². The van der Waals surface area contributed by atoms with E-state index in [0.29, 0.717) is 0 Å². The molecular weight excluding hydrogens is 170 g/mol. The Kier molecular flexibility index (Phi) is 1.79. The van der Waals surface area contributed by atoms with Crippen molar-refractivity contribution in [3.63, 3.8) is 0 Å². The third-order valence-corrected chi connectivity index (χ3v) is 2.72. The number of H-pyrrole nitrogens is 1. The maximum atomic E-state index is 10.6. The van der Waals surface area contributed by atoms with E-state index in [2.05, 4.69) is 15.2 Å². The average Bonchev–Trinajstić information content (AvgIpc) is 2.48. The Labute approximate surface area is 75.2 Å². The highest BCUT2D eigenvalue weighted by Crippen LogP contribution is 2.44. The van der Waals surface area contributed by atoms with E-state index in [1.807, 2.05) is 0 Å². The van der Waals surface area contributed by atoms with Gasteiger partial charge < -0.3 is 5.11 Å². The lowest BCUT2D eigenvalue weighted by atomic mass is 9.66. The van der Waals surface area contributed by atoms with Crippen molar-refractivity contribution < 1.29 is 9.90 Å². The molecule has 0 aromatic carbocycles. The lowest BCUT2D eigenvalue weighted by Crippen LogP contribution is -2.37. The minimum atomic E-state index is -0.767. The third-order valence-electron chi connectivity index (χ3n) is 2.72. The monoisotopic (exact) mass is 181 g/mol. The minimum absolute atomic E-state index is 0.155. The fourth-order valence-corrected chi connectivity index (χ4v) is 1.85. The van der Waals surface area contributed by atoms with Crippen LogP contribution in [0.15, 0.2) is 6.33 Å². The van der Waals surface area contributed by atoms with Crippen LogP contribution < -0.4 is 0 Å². The molecule has 0 amide bonds. The molecular formula is C8H11N3O2. The van der Waals surface area contributed by atoms with Crippen LogP contribution in [0, 0.1) is 0 Å². The fraction of sp³-hybridized carbons (Fsp3) is 0.625. The number of aromatic amines is 1. The molecule has 13 heavy (non-hydrogen) atoms. The fourth-order valence-electron chi connectivity index (χ4n) is 1.85. The molecule has 0 spiro atoms. The van der Waals surface area contributed by atoms with Gasteiger partial charge in [-0.25, -0.2) is 4.98 Å². The van der Waals surface area contributed by atoms with Crippen LogP contribution in [0.1, 0.15) is 31.5 Å². The summed E-state index contributed by atoms with van der Waals surface area (Å²) < 4.78 is 0. The highest BCUT2D eigenvalue weighted by Gasteiger charge is 2.43. The van der Waals surface area contributed by atoms with Gasteiger partial charge in [0.05, 0.1) is 6.42 Å². The number of carboxylic acids is 1. The summed E-state index contributed by atoms with van der Waals surface area (Å²) in [4.78, 5) is 14.7. The zero-order chi connectivity index (χ0) is 9.31. The van der Waals surface area contributed by atoms with Crippen molar-refractivity contribution in [2.24, 2.45) is 0 Å². The molecule has 1 fully saturated rings. The summed E-state index contributed by atoms with van der Waals surface area (Å²) in [6, 6.07) is 0. The van der Waals surface area contributed by atoms with Crippen molar-refractivity contribution in [1.29, 1.82) is 0 Å². The molecule has 0 unspecified atom stereocenters. The molecule has 2 rings (SSSR count). The van der Waals surface area contributed by atoms with Crippen LogP contribution in [0.25, 0.3) is 0 Å². The molecule has 0 saturated heterocycles. The van der Waals surface area contributed by atoms with E-state index < -0.39 is 5.97 Å². The Balaban J connectivity index is 2.20. The largest absolute Gasteiger partial charge is 0.481 e. The first-order valence-electron chi connectivity index (χ1n) is 4.31. The highest BCUT2D eigenvalue weighted by atomic mass is 16.4. The zero-order valence-corrected chi connectivity index (χ0v) is 7.16. The summed E-state index contributed by atoms with van der Waals surface area (Å²) in [5, 5.41) is 15.3. The minimum Gasteiger partial charge on any atom is -0.481 e. The highest BCUT2D eigenvalue weighted by molar-refractivity contribution is 5.69. The molecule has 5 heteroatoms. The molecule has 1 aliphatic rings. The lowest BCUT2D eigenvalue weighted by Gasteiger charge is -2.38. The van der Waals surface area contributed by atoms with Crippen LogP contribution in [-0.2, 0) is 10.2 Å². The quantitative estimate of drug-likeness (QED) is 0.719. The maximum Gasteiger partial charge on any atom is 0.304 e. The van der Waals surface area contributed by atoms with Crippen molar-refractivity contribution in [2.75, 3.05) is 0 Å². The van der Waals surface area contributed by atoms with E-state index >= 15 is 0 Å². The summed E-state index contributed by atoms with van der Waals surface area (Å²) in [5.74, 6) is -0.0442. The molecule has 1 saturated carbocycles. The summed E-state index contributed by atoms with van der Waals surface area (Å²) in [7, 11) is 0. The van der Waals surface area contributed by atoms with Gasteiger partial charge in [-0.1, -0.05) is 6.42 Å². The van der Waals surface area contributed by atoms with Crippen LogP contribution in [0.4, 0.5) is 0 Å². The number of aliphatic carboxylic acids is 1. The number of nitrogens with one attached hydrogen (secondary N) is 1. The van der Waals surface area contributed by atoms with Gasteiger partial charge in [0.15, 0.2) is 0 Å². The first-order valence-corrected chi connectivity index (χ1v) is 4.31. The van der Waals surface area contributed by atoms with Crippen molar-refractivity contribution in [3.05, 3.63) is 12.2 Å². The Hall–Kier alpha value is -1.39. The average molecular weight is 181 g/mol. The van der Waals surface area contributed by atoms with Crippen molar-refractivity contribution >= 4 is 5.97 Å². The van der Waals surface area contributed by atoms with Crippen LogP contribution in [0.3, 0.4) is 0 Å². The van der Waals surface area contributed by atoms with Crippen molar-refractivity contribution in [3.8, 4) is 0 Å². The van der Waals surface area contributed by atoms with E-state index in [1.54, 1.807) is 0 Å². The number of hydrogen-bond acceptors (Lipinski definition) is 3. The molecule has 1 aromatic heterocycles. The van der Waals surface area contributed by atoms with Crippen LogP contribution in [0.2, 0.25) is 0 Å². The standard InChI is InChI=1S/C8H11N3O2/c12-6(13)4-8(2-1-3-8)7-9-5-10-11-7/h5H,1-4H2,(H,12,13)(H,9,10,11). The lowest BCUT2D eigenvalue weighted by molar-refractivity contribution is -0.139. The second kappa shape index (κ2) is 2.83. The number of carbonyl (C=O) groups is 1. The molecule has 1 aliphatic carbocycles. The number of aromatic nitrogens is 3. The second-order valence-corrected chi connectivity index (χ2v) is 3.54. The number of hydrogen-bond donors (Lipinski definition) is 2. The summed E-state index contributed by atoms with van der Waals surface area (Å²) in [6.07, 6.45) is 4.45. The molecule has 0 bridgehead atoms. The normalized spacial score (nSPS) is 19.4. The zero-order valence-electron chi connectivity index (χ0n) is 7.16. The number of nitrogens with zero attached hydrogens (tertiary/aromatic N) is 2. The molecule has 70 valence electrons. The first kappa shape index (κ1) is 8.22. The van der Waals surface area contributed by atoms with Gasteiger partial charge >= 0.3 is 5.97 Å². The predicted molar refractivity (Wildman–Crippen MR) is 44.2 cm³/mol. The molecule has 0 radical (unpaired) electrons. The van der Waals surface area contributed by atoms with Crippen LogP contribution in [0.5, 0.6) is 0 Å². The summed E-state index contributed by atoms with van der Waals surface area (Å²) in [5.41, 5.74) is -0.262. The third kappa shape index (κ3) is 1.30. The van der Waals surface area contributed by atoms with E-state index in [0.717, 1.165) is 25.1 Å². The van der Waals surface area contributed by atoms with Gasteiger partial charge in [0.2, 0.25) is 0 Å². The second-order valence-electron chi connectivity index (χ2n) is 3.54. The smallest absolute Gasteiger partial charge is 0.304 e. The Bertz CT molecular complexity index is 303. The van der Waals surface area contributed by atoms with Gasteiger partial charge in [0.25, 0.3) is 0 Å². The van der Waals surface area contributed by atoms with Gasteiger partial charge in [-0.15, -0.1) is 0 Å². The van der Waals surface area contributed by atoms with E-state index in [-0.39, 0.29) is 11.8 Å². The SMILES string of the molecule is O=C(O)CC1(c2ncn[nH]2)CCC1. The summed E-state index contributed by atoms with van der Waals surface area (Å²) >= 11 is 0. The molecule has 1 heterocycles. The topological polar surface area (TPSA) is 78.9 Å². The van der Waals surface area contributed by atoms with Gasteiger partial charge in [-0.2, -0.15) is 5.10 Å². The number of carboxylic acid groups (broad SMARTS) is 1. The predicted octanol–water partition coefficient (Wildman–Crippen LogP) is 0.701. The van der Waals surface area contributed by atoms with Crippen LogP contribution in [-0.4, -0.2) is 26.3 Å². The number of rotatable bonds is 3. The van der Waals surface area contributed by atoms with Crippen molar-refractivity contribution in [2.45, 2.75) is 31.1 Å². The molecule has 2 N–H and O–H groups in total. The van der Waals surface area contributed by atoms with E-state index in [9.17, 15) is 4.79 Å². The molecule has 0 aliphatic heterocycles. The van der Waals surface area contributed by atoms with Crippen LogP contribution >= 0.6 is 0 Å². The molecule has 1 aromatic rings. The maximum absolute atomic E-state index is 10.6. The molecule has 0 atom stereocenters. The first-order chi connectivity index (χ1) is 6.23. The molecule has 5 nitrogen and oxygen atoms in total. The Morgan fingerprint density at radius 2 is 2.46 bits per heavy atom. The van der Waals surface area contributed by atoms with Gasteiger partial charge in [0, 0.05) is 5.41 Å². The van der Waals surface area contributed by atoms with E-state index in [4.69, 9.17) is 5.11 Å². The van der Waals surface area contributed by atoms with Crippen molar-refractivity contribution in [1.82, 2.24) is 15.2 Å².